The summed E-state index contributed by atoms with van der Waals surface area (Å²) >= 11 is 12.0. The van der Waals surface area contributed by atoms with E-state index in [1.807, 2.05) is 66.7 Å². The second-order valence-corrected chi connectivity index (χ2v) is 6.65. The molecule has 0 spiro atoms. The molecule has 1 N–H and O–H groups in total. The number of benzene rings is 2. The summed E-state index contributed by atoms with van der Waals surface area (Å²) in [6.45, 7) is 0. The molecule has 5 nitrogen and oxygen atoms in total. The summed E-state index contributed by atoms with van der Waals surface area (Å²) in [5.74, 6) is -0.418. The van der Waals surface area contributed by atoms with Crippen molar-refractivity contribution in [3.8, 4) is 22.5 Å². The highest BCUT2D eigenvalue weighted by atomic mass is 35.5. The van der Waals surface area contributed by atoms with Crippen LogP contribution in [0.3, 0.4) is 0 Å². The van der Waals surface area contributed by atoms with Crippen molar-refractivity contribution < 1.29 is 4.79 Å². The lowest BCUT2D eigenvalue weighted by Gasteiger charge is -2.11. The summed E-state index contributed by atoms with van der Waals surface area (Å²) in [4.78, 5) is 25.1. The van der Waals surface area contributed by atoms with Gasteiger partial charge in [-0.2, -0.15) is 0 Å². The molecule has 2 aromatic heterocycles. The number of hydrogen-bond donors (Lipinski definition) is 1. The van der Waals surface area contributed by atoms with Crippen LogP contribution >= 0.6 is 23.2 Å². The first kappa shape index (κ1) is 18.3. The highest BCUT2D eigenvalue weighted by Gasteiger charge is 2.14. The van der Waals surface area contributed by atoms with Gasteiger partial charge in [-0.15, -0.1) is 11.6 Å². The van der Waals surface area contributed by atoms with Crippen LogP contribution in [0.1, 0.15) is 0 Å². The molecule has 138 valence electrons. The second kappa shape index (κ2) is 7.92. The van der Waals surface area contributed by atoms with Crippen molar-refractivity contribution in [1.82, 2.24) is 15.0 Å². The fourth-order valence-electron chi connectivity index (χ4n) is 2.83. The van der Waals surface area contributed by atoms with Crippen LogP contribution in [0.4, 0.5) is 5.95 Å². The Kier molecular flexibility index (Phi) is 5.19. The quantitative estimate of drug-likeness (QED) is 0.372. The second-order valence-electron chi connectivity index (χ2n) is 6.03. The normalized spacial score (nSPS) is 10.8. The van der Waals surface area contributed by atoms with E-state index in [2.05, 4.69) is 20.3 Å². The number of nitrogens with one attached hydrogen (secondary N) is 1. The van der Waals surface area contributed by atoms with E-state index in [0.29, 0.717) is 22.1 Å². The van der Waals surface area contributed by atoms with Crippen molar-refractivity contribution in [3.05, 3.63) is 71.9 Å². The number of carbonyl (C=O) groups excluding carboxylic acids is 1. The average Bonchev–Trinajstić information content (AvgIpc) is 2.73. The number of anilines is 1. The van der Waals surface area contributed by atoms with Crippen LogP contribution in [0.25, 0.3) is 33.4 Å². The van der Waals surface area contributed by atoms with E-state index in [4.69, 9.17) is 23.2 Å². The molecule has 4 aromatic rings. The SMILES string of the molecule is O=C(CCl)Nc1nc(-c2ccccc2)cc(-c2cc3ccccc3nc2Cl)n1. The molecule has 7 heteroatoms. The lowest BCUT2D eigenvalue weighted by atomic mass is 10.1. The standard InChI is InChI=1S/C21H14Cl2N4O/c22-12-19(28)27-21-25-17(13-6-2-1-3-7-13)11-18(26-21)15-10-14-8-4-5-9-16(14)24-20(15)23/h1-11H,12H2,(H,25,26,27,28). The molecule has 0 saturated carbocycles. The molecular weight excluding hydrogens is 395 g/mol. The van der Waals surface area contributed by atoms with Crippen LogP contribution in [0.5, 0.6) is 0 Å². The number of nitrogens with zero attached hydrogens (tertiary/aromatic N) is 3. The van der Waals surface area contributed by atoms with Crippen LogP contribution in [0.2, 0.25) is 5.15 Å². The number of halogens is 2. The van der Waals surface area contributed by atoms with Gasteiger partial charge in [-0.3, -0.25) is 10.1 Å². The molecule has 28 heavy (non-hydrogen) atoms. The maximum absolute atomic E-state index is 11.8. The fraction of sp³-hybridized carbons (Fsp3) is 0.0476. The number of amides is 1. The Morgan fingerprint density at radius 2 is 1.61 bits per heavy atom. The minimum Gasteiger partial charge on any atom is -0.293 e. The van der Waals surface area contributed by atoms with Gasteiger partial charge in [-0.05, 0) is 18.2 Å². The van der Waals surface area contributed by atoms with Gasteiger partial charge in [0, 0.05) is 16.5 Å². The van der Waals surface area contributed by atoms with Gasteiger partial charge < -0.3 is 0 Å². The molecule has 0 aliphatic carbocycles. The minimum absolute atomic E-state index is 0.159. The molecule has 0 aliphatic rings. The Morgan fingerprint density at radius 3 is 2.39 bits per heavy atom. The van der Waals surface area contributed by atoms with Gasteiger partial charge in [0.15, 0.2) is 0 Å². The molecule has 0 unspecified atom stereocenters. The van der Waals surface area contributed by atoms with Crippen LogP contribution < -0.4 is 5.32 Å². The third kappa shape index (κ3) is 3.81. The Bertz CT molecular complexity index is 1170. The lowest BCUT2D eigenvalue weighted by molar-refractivity contribution is -0.114. The number of alkyl halides is 1. The van der Waals surface area contributed by atoms with Crippen LogP contribution in [-0.2, 0) is 4.79 Å². The maximum atomic E-state index is 11.8. The molecule has 0 atom stereocenters. The first-order valence-electron chi connectivity index (χ1n) is 8.50. The summed E-state index contributed by atoms with van der Waals surface area (Å²) in [5.41, 5.74) is 3.55. The number of rotatable bonds is 4. The van der Waals surface area contributed by atoms with Gasteiger partial charge in [-0.1, -0.05) is 60.1 Å². The van der Waals surface area contributed by atoms with Crippen LogP contribution in [-0.4, -0.2) is 26.7 Å². The molecule has 0 aliphatic heterocycles. The molecule has 0 bridgehead atoms. The van der Waals surface area contributed by atoms with Crippen molar-refractivity contribution in [2.24, 2.45) is 0 Å². The molecule has 4 rings (SSSR count). The van der Waals surface area contributed by atoms with Crippen molar-refractivity contribution >= 4 is 46.0 Å². The smallest absolute Gasteiger partial charge is 0.241 e. The Hall–Kier alpha value is -3.02. The monoisotopic (exact) mass is 408 g/mol. The summed E-state index contributed by atoms with van der Waals surface area (Å²) in [6.07, 6.45) is 0. The zero-order valence-electron chi connectivity index (χ0n) is 14.6. The van der Waals surface area contributed by atoms with Crippen molar-refractivity contribution in [1.29, 1.82) is 0 Å². The summed E-state index contributed by atoms with van der Waals surface area (Å²) in [6, 6.07) is 21.1. The van der Waals surface area contributed by atoms with Crippen molar-refractivity contribution in [2.45, 2.75) is 0 Å². The lowest BCUT2D eigenvalue weighted by Crippen LogP contribution is -2.15. The Morgan fingerprint density at radius 1 is 0.893 bits per heavy atom. The third-order valence-electron chi connectivity index (χ3n) is 4.12. The summed E-state index contributed by atoms with van der Waals surface area (Å²) < 4.78 is 0. The van der Waals surface area contributed by atoms with E-state index in [0.717, 1.165) is 16.5 Å². The maximum Gasteiger partial charge on any atom is 0.241 e. The first-order valence-corrected chi connectivity index (χ1v) is 9.41. The molecule has 0 saturated heterocycles. The van der Waals surface area contributed by atoms with Crippen molar-refractivity contribution in [2.75, 3.05) is 11.2 Å². The third-order valence-corrected chi connectivity index (χ3v) is 4.65. The topological polar surface area (TPSA) is 67.8 Å². The van der Waals surface area contributed by atoms with E-state index < -0.39 is 0 Å². The van der Waals surface area contributed by atoms with Crippen LogP contribution in [0.15, 0.2) is 66.7 Å². The summed E-state index contributed by atoms with van der Waals surface area (Å²) in [5, 5.41) is 3.88. The number of fused-ring (bicyclic) bond motifs is 1. The average molecular weight is 409 g/mol. The molecule has 2 heterocycles. The molecule has 0 radical (unpaired) electrons. The highest BCUT2D eigenvalue weighted by Crippen LogP contribution is 2.31. The van der Waals surface area contributed by atoms with E-state index in [1.165, 1.54) is 0 Å². The van der Waals surface area contributed by atoms with E-state index in [-0.39, 0.29) is 17.7 Å². The minimum atomic E-state index is -0.388. The van der Waals surface area contributed by atoms with Gasteiger partial charge in [-0.25, -0.2) is 15.0 Å². The number of para-hydroxylation sites is 1. The molecule has 1 amide bonds. The van der Waals surface area contributed by atoms with Gasteiger partial charge in [0.25, 0.3) is 0 Å². The first-order chi connectivity index (χ1) is 13.6. The Labute approximate surface area is 171 Å². The number of hydrogen-bond acceptors (Lipinski definition) is 4. The van der Waals surface area contributed by atoms with Gasteiger partial charge >= 0.3 is 0 Å². The van der Waals surface area contributed by atoms with E-state index in [9.17, 15) is 4.79 Å². The summed E-state index contributed by atoms with van der Waals surface area (Å²) in [7, 11) is 0. The van der Waals surface area contributed by atoms with Crippen molar-refractivity contribution in [3.63, 3.8) is 0 Å². The zero-order chi connectivity index (χ0) is 19.5. The van der Waals surface area contributed by atoms with Gasteiger partial charge in [0.05, 0.1) is 16.9 Å². The Balaban J connectivity index is 1.89. The highest BCUT2D eigenvalue weighted by molar-refractivity contribution is 6.32. The zero-order valence-corrected chi connectivity index (χ0v) is 16.1. The predicted octanol–water partition coefficient (Wildman–Crippen LogP) is 5.19. The number of aromatic nitrogens is 3. The fourth-order valence-corrected chi connectivity index (χ4v) is 3.14. The number of pyridine rings is 1. The molecule has 2 aromatic carbocycles. The van der Waals surface area contributed by atoms with Gasteiger partial charge in [0.2, 0.25) is 11.9 Å². The largest absolute Gasteiger partial charge is 0.293 e. The molecular formula is C21H14Cl2N4O. The predicted molar refractivity (Wildman–Crippen MR) is 113 cm³/mol. The number of carbonyl (C=O) groups is 1. The van der Waals surface area contributed by atoms with Crippen LogP contribution in [0, 0.1) is 0 Å². The van der Waals surface area contributed by atoms with Gasteiger partial charge in [0.1, 0.15) is 11.0 Å². The van der Waals surface area contributed by atoms with E-state index in [1.54, 1.807) is 0 Å². The molecule has 0 fully saturated rings. The van der Waals surface area contributed by atoms with E-state index >= 15 is 0 Å².